The van der Waals surface area contributed by atoms with Crippen LogP contribution in [-0.4, -0.2) is 25.3 Å². The zero-order chi connectivity index (χ0) is 11.4. The maximum absolute atomic E-state index is 11.7. The second-order valence-corrected chi connectivity index (χ2v) is 7.00. The lowest BCUT2D eigenvalue weighted by Gasteiger charge is -2.23. The van der Waals surface area contributed by atoms with Crippen LogP contribution in [0.5, 0.6) is 0 Å². The topological polar surface area (TPSA) is 51.1 Å². The van der Waals surface area contributed by atoms with Crippen LogP contribution >= 0.6 is 0 Å². The molecule has 3 heterocycles. The molecule has 1 atom stereocenters. The lowest BCUT2D eigenvalue weighted by atomic mass is 9.93. The third kappa shape index (κ3) is 1.34. The Morgan fingerprint density at radius 2 is 2.31 bits per heavy atom. The summed E-state index contributed by atoms with van der Waals surface area (Å²) >= 11 is 0. The number of sulfone groups is 1. The molecule has 0 amide bonds. The van der Waals surface area contributed by atoms with Crippen molar-refractivity contribution in [3.63, 3.8) is 0 Å². The Labute approximate surface area is 95.6 Å². The van der Waals surface area contributed by atoms with Crippen LogP contribution in [0.25, 0.3) is 0 Å². The molecule has 4 nitrogen and oxygen atoms in total. The standard InChI is InChI=1S/C11H16N2O2S/c1-11(3-2-4-12-11)9-7-10-13(8-9)5-6-16(10,14)15/h7-8,12H,2-6H2,1H3. The molecule has 0 aromatic carbocycles. The second kappa shape index (κ2) is 3.11. The van der Waals surface area contributed by atoms with Crippen LogP contribution in [0.1, 0.15) is 25.3 Å². The number of rotatable bonds is 1. The maximum Gasteiger partial charge on any atom is 0.195 e. The molecule has 0 spiro atoms. The van der Waals surface area contributed by atoms with Crippen molar-refractivity contribution in [2.75, 3.05) is 12.3 Å². The highest BCUT2D eigenvalue weighted by Crippen LogP contribution is 2.34. The van der Waals surface area contributed by atoms with Gasteiger partial charge in [-0.15, -0.1) is 0 Å². The Kier molecular flexibility index (Phi) is 2.01. The summed E-state index contributed by atoms with van der Waals surface area (Å²) in [6, 6.07) is 1.85. The highest BCUT2D eigenvalue weighted by molar-refractivity contribution is 7.91. The quantitative estimate of drug-likeness (QED) is 0.792. The molecular formula is C11H16N2O2S. The van der Waals surface area contributed by atoms with Gasteiger partial charge in [-0.25, -0.2) is 8.42 Å². The lowest BCUT2D eigenvalue weighted by molar-refractivity contribution is 0.434. The fraction of sp³-hybridized carbons (Fsp3) is 0.636. The molecule has 1 unspecified atom stereocenters. The van der Waals surface area contributed by atoms with E-state index in [9.17, 15) is 8.42 Å². The lowest BCUT2D eigenvalue weighted by Crippen LogP contribution is -2.32. The summed E-state index contributed by atoms with van der Waals surface area (Å²) in [5, 5.41) is 3.95. The molecule has 16 heavy (non-hydrogen) atoms. The molecule has 0 radical (unpaired) electrons. The largest absolute Gasteiger partial charge is 0.337 e. The van der Waals surface area contributed by atoms with Crippen molar-refractivity contribution in [1.82, 2.24) is 9.88 Å². The first-order valence-electron chi connectivity index (χ1n) is 5.70. The fourth-order valence-electron chi connectivity index (χ4n) is 2.69. The SMILES string of the molecule is CC1(c2cc3n(c2)CCS3(=O)=O)CCCN1. The Hall–Kier alpha value is -0.810. The monoisotopic (exact) mass is 240 g/mol. The van der Waals surface area contributed by atoms with Gasteiger partial charge in [-0.2, -0.15) is 0 Å². The van der Waals surface area contributed by atoms with Crippen molar-refractivity contribution >= 4 is 9.84 Å². The summed E-state index contributed by atoms with van der Waals surface area (Å²) in [7, 11) is -3.01. The summed E-state index contributed by atoms with van der Waals surface area (Å²) in [6.45, 7) is 3.77. The minimum absolute atomic E-state index is 0.0349. The fourth-order valence-corrected chi connectivity index (χ4v) is 4.15. The van der Waals surface area contributed by atoms with Crippen LogP contribution in [0.15, 0.2) is 17.3 Å². The predicted octanol–water partition coefficient (Wildman–Crippen LogP) is 0.874. The Balaban J connectivity index is 2.07. The van der Waals surface area contributed by atoms with Crippen molar-refractivity contribution in [2.45, 2.75) is 36.9 Å². The zero-order valence-electron chi connectivity index (χ0n) is 9.36. The van der Waals surface area contributed by atoms with Crippen molar-refractivity contribution in [3.05, 3.63) is 17.8 Å². The maximum atomic E-state index is 11.7. The third-order valence-electron chi connectivity index (χ3n) is 3.78. The van der Waals surface area contributed by atoms with E-state index in [1.165, 1.54) is 0 Å². The molecule has 2 aliphatic heterocycles. The Morgan fingerprint density at radius 3 is 2.94 bits per heavy atom. The van der Waals surface area contributed by atoms with Gasteiger partial charge in [0.2, 0.25) is 0 Å². The summed E-state index contributed by atoms with van der Waals surface area (Å²) in [4.78, 5) is 0. The van der Waals surface area contributed by atoms with Crippen LogP contribution in [0.3, 0.4) is 0 Å². The first kappa shape index (κ1) is 10.4. The number of fused-ring (bicyclic) bond motifs is 1. The van der Waals surface area contributed by atoms with E-state index in [4.69, 9.17) is 0 Å². The first-order chi connectivity index (χ1) is 7.51. The molecular weight excluding hydrogens is 224 g/mol. The highest BCUT2D eigenvalue weighted by atomic mass is 32.2. The van der Waals surface area contributed by atoms with Crippen LogP contribution in [0, 0.1) is 0 Å². The summed E-state index contributed by atoms with van der Waals surface area (Å²) < 4.78 is 25.4. The third-order valence-corrected chi connectivity index (χ3v) is 5.49. The van der Waals surface area contributed by atoms with Crippen LogP contribution in [-0.2, 0) is 21.9 Å². The predicted molar refractivity (Wildman–Crippen MR) is 61.1 cm³/mol. The molecule has 2 aliphatic rings. The molecule has 0 saturated carbocycles. The van der Waals surface area contributed by atoms with Crippen molar-refractivity contribution in [3.8, 4) is 0 Å². The van der Waals surface area contributed by atoms with Crippen LogP contribution in [0.4, 0.5) is 0 Å². The molecule has 1 saturated heterocycles. The van der Waals surface area contributed by atoms with Gasteiger partial charge in [-0.05, 0) is 37.9 Å². The Morgan fingerprint density at radius 1 is 1.50 bits per heavy atom. The van der Waals surface area contributed by atoms with Gasteiger partial charge >= 0.3 is 0 Å². The van der Waals surface area contributed by atoms with E-state index in [0.717, 1.165) is 24.9 Å². The van der Waals surface area contributed by atoms with E-state index in [1.54, 1.807) is 0 Å². The molecule has 0 aliphatic carbocycles. The van der Waals surface area contributed by atoms with Gasteiger partial charge in [0.1, 0.15) is 5.03 Å². The van der Waals surface area contributed by atoms with Gasteiger partial charge in [0.05, 0.1) is 5.75 Å². The molecule has 1 N–H and O–H groups in total. The average Bonchev–Trinajstić information content (AvgIpc) is 2.85. The van der Waals surface area contributed by atoms with E-state index < -0.39 is 9.84 Å². The summed E-state index contributed by atoms with van der Waals surface area (Å²) in [5.74, 6) is 0.257. The van der Waals surface area contributed by atoms with E-state index in [1.807, 2.05) is 16.8 Å². The number of nitrogens with zero attached hydrogens (tertiary/aromatic N) is 1. The van der Waals surface area contributed by atoms with Crippen molar-refractivity contribution < 1.29 is 8.42 Å². The van der Waals surface area contributed by atoms with Gasteiger partial charge in [0.25, 0.3) is 0 Å². The van der Waals surface area contributed by atoms with Crippen molar-refractivity contribution in [2.24, 2.45) is 0 Å². The number of nitrogens with one attached hydrogen (secondary N) is 1. The van der Waals surface area contributed by atoms with E-state index in [2.05, 4.69) is 12.2 Å². The molecule has 5 heteroatoms. The molecule has 1 aromatic rings. The highest BCUT2D eigenvalue weighted by Gasteiger charge is 2.35. The van der Waals surface area contributed by atoms with E-state index in [0.29, 0.717) is 11.6 Å². The van der Waals surface area contributed by atoms with Gasteiger partial charge < -0.3 is 9.88 Å². The summed E-state index contributed by atoms with van der Waals surface area (Å²) in [5.41, 5.74) is 1.08. The Bertz CT molecular complexity index is 524. The van der Waals surface area contributed by atoms with Gasteiger partial charge in [0.15, 0.2) is 9.84 Å². The van der Waals surface area contributed by atoms with Crippen molar-refractivity contribution in [1.29, 1.82) is 0 Å². The number of aryl methyl sites for hydroxylation is 1. The smallest absolute Gasteiger partial charge is 0.195 e. The van der Waals surface area contributed by atoms with Gasteiger partial charge in [-0.3, -0.25) is 0 Å². The number of hydrogen-bond acceptors (Lipinski definition) is 3. The first-order valence-corrected chi connectivity index (χ1v) is 7.35. The van der Waals surface area contributed by atoms with Gasteiger partial charge in [-0.1, -0.05) is 0 Å². The van der Waals surface area contributed by atoms with Gasteiger partial charge in [0, 0.05) is 18.3 Å². The molecule has 88 valence electrons. The van der Waals surface area contributed by atoms with Crippen LogP contribution in [0.2, 0.25) is 0 Å². The van der Waals surface area contributed by atoms with E-state index >= 15 is 0 Å². The molecule has 0 bridgehead atoms. The normalized spacial score (nSPS) is 31.8. The summed E-state index contributed by atoms with van der Waals surface area (Å²) in [6.07, 6.45) is 4.23. The minimum Gasteiger partial charge on any atom is -0.337 e. The molecule has 1 fully saturated rings. The number of hydrogen-bond donors (Lipinski definition) is 1. The minimum atomic E-state index is -3.01. The zero-order valence-corrected chi connectivity index (χ0v) is 10.2. The molecule has 3 rings (SSSR count). The van der Waals surface area contributed by atoms with E-state index in [-0.39, 0.29) is 11.3 Å². The number of aromatic nitrogens is 1. The average molecular weight is 240 g/mol. The second-order valence-electron chi connectivity index (χ2n) is 4.94. The molecule has 1 aromatic heterocycles. The van der Waals surface area contributed by atoms with Crippen LogP contribution < -0.4 is 5.32 Å².